The molecule has 1 unspecified atom stereocenters. The van der Waals surface area contributed by atoms with Gasteiger partial charge in [0.25, 0.3) is 0 Å². The van der Waals surface area contributed by atoms with Gasteiger partial charge in [0, 0.05) is 17.4 Å². The monoisotopic (exact) mass is 449 g/mol. The van der Waals surface area contributed by atoms with Gasteiger partial charge in [-0.2, -0.15) is 0 Å². The second-order valence-corrected chi connectivity index (χ2v) is 6.59. The van der Waals surface area contributed by atoms with Gasteiger partial charge in [-0.15, -0.1) is 13.2 Å². The highest BCUT2D eigenvalue weighted by atomic mass is 79.9. The second kappa shape index (κ2) is 9.18. The summed E-state index contributed by atoms with van der Waals surface area (Å²) in [4.78, 5) is 11.8. The number of nitrogens with one attached hydrogen (secondary N) is 1. The molecule has 0 aliphatic rings. The first-order valence-corrected chi connectivity index (χ1v) is 8.68. The van der Waals surface area contributed by atoms with Crippen molar-refractivity contribution in [2.24, 2.45) is 0 Å². The van der Waals surface area contributed by atoms with Crippen molar-refractivity contribution < 1.29 is 32.2 Å². The molecule has 27 heavy (non-hydrogen) atoms. The maximum Gasteiger partial charge on any atom is 0.573 e. The van der Waals surface area contributed by atoms with Gasteiger partial charge in [0.2, 0.25) is 5.91 Å². The highest BCUT2D eigenvalue weighted by Crippen LogP contribution is 2.24. The third-order valence-electron chi connectivity index (χ3n) is 3.63. The Morgan fingerprint density at radius 2 is 1.85 bits per heavy atom. The number of amides is 1. The Morgan fingerprint density at radius 1 is 1.19 bits per heavy atom. The molecule has 0 aliphatic carbocycles. The standard InChI is InChI=1S/C18H16BrF4NO3/c19-13-5-1-11(15(20)9-13)4-8-17(26)24-10-16(25)12-2-6-14(7-3-12)27-18(21,22)23/h1-3,5-7,9,16,25H,4,8,10H2,(H,24,26). The lowest BCUT2D eigenvalue weighted by atomic mass is 10.1. The molecule has 0 saturated heterocycles. The van der Waals surface area contributed by atoms with Gasteiger partial charge in [-0.3, -0.25) is 4.79 Å². The van der Waals surface area contributed by atoms with Crippen LogP contribution in [0.4, 0.5) is 17.6 Å². The van der Waals surface area contributed by atoms with E-state index in [4.69, 9.17) is 0 Å². The minimum atomic E-state index is -4.79. The summed E-state index contributed by atoms with van der Waals surface area (Å²) in [6.07, 6.45) is -5.66. The summed E-state index contributed by atoms with van der Waals surface area (Å²) in [6.45, 7) is -0.124. The van der Waals surface area contributed by atoms with Crippen LogP contribution in [0.5, 0.6) is 5.75 Å². The fourth-order valence-electron chi connectivity index (χ4n) is 2.28. The number of carbonyl (C=O) groups is 1. The summed E-state index contributed by atoms with van der Waals surface area (Å²) in [5.41, 5.74) is 0.720. The quantitative estimate of drug-likeness (QED) is 0.620. The van der Waals surface area contributed by atoms with Gasteiger partial charge in [0.15, 0.2) is 0 Å². The molecule has 146 valence electrons. The lowest BCUT2D eigenvalue weighted by molar-refractivity contribution is -0.274. The number of aliphatic hydroxyl groups is 1. The van der Waals surface area contributed by atoms with Crippen LogP contribution in [0, 0.1) is 5.82 Å². The van der Waals surface area contributed by atoms with E-state index in [9.17, 15) is 27.5 Å². The maximum absolute atomic E-state index is 13.7. The lowest BCUT2D eigenvalue weighted by Crippen LogP contribution is -2.28. The van der Waals surface area contributed by atoms with Crippen LogP contribution >= 0.6 is 15.9 Å². The van der Waals surface area contributed by atoms with Gasteiger partial charge in [-0.05, 0) is 41.8 Å². The molecular formula is C18H16BrF4NO3. The zero-order valence-electron chi connectivity index (χ0n) is 13.9. The first-order valence-electron chi connectivity index (χ1n) is 7.88. The average Bonchev–Trinajstić information content (AvgIpc) is 2.58. The van der Waals surface area contributed by atoms with Gasteiger partial charge in [-0.1, -0.05) is 34.1 Å². The molecule has 2 N–H and O–H groups in total. The highest BCUT2D eigenvalue weighted by molar-refractivity contribution is 9.10. The van der Waals surface area contributed by atoms with E-state index in [1.807, 2.05) is 0 Å². The molecule has 1 atom stereocenters. The number of alkyl halides is 3. The molecule has 0 saturated carbocycles. The third kappa shape index (κ3) is 7.18. The molecule has 2 rings (SSSR count). The summed E-state index contributed by atoms with van der Waals surface area (Å²) >= 11 is 3.15. The van der Waals surface area contributed by atoms with E-state index < -0.39 is 24.0 Å². The molecule has 2 aromatic carbocycles. The smallest absolute Gasteiger partial charge is 0.406 e. The third-order valence-corrected chi connectivity index (χ3v) is 4.12. The minimum absolute atomic E-state index is 0.0314. The number of ether oxygens (including phenoxy) is 1. The van der Waals surface area contributed by atoms with Gasteiger partial charge < -0.3 is 15.2 Å². The summed E-state index contributed by atoms with van der Waals surface area (Å²) in [6, 6.07) is 9.25. The van der Waals surface area contributed by atoms with Crippen molar-refractivity contribution in [2.75, 3.05) is 6.54 Å². The van der Waals surface area contributed by atoms with Gasteiger partial charge in [0.05, 0.1) is 6.10 Å². The molecule has 0 aromatic heterocycles. The van der Waals surface area contributed by atoms with Crippen LogP contribution in [0.15, 0.2) is 46.9 Å². The van der Waals surface area contributed by atoms with E-state index in [0.29, 0.717) is 15.6 Å². The van der Waals surface area contributed by atoms with Crippen LogP contribution in [0.25, 0.3) is 0 Å². The Morgan fingerprint density at radius 3 is 2.44 bits per heavy atom. The van der Waals surface area contributed by atoms with E-state index in [2.05, 4.69) is 26.0 Å². The molecule has 0 fully saturated rings. The zero-order chi connectivity index (χ0) is 20.0. The SMILES string of the molecule is O=C(CCc1ccc(Br)cc1F)NCC(O)c1ccc(OC(F)(F)F)cc1. The van der Waals surface area contributed by atoms with Crippen LogP contribution in [0.1, 0.15) is 23.7 Å². The number of rotatable bonds is 7. The van der Waals surface area contributed by atoms with Crippen LogP contribution in [-0.4, -0.2) is 23.9 Å². The number of hydrogen-bond donors (Lipinski definition) is 2. The summed E-state index contributed by atoms with van der Waals surface area (Å²) in [5.74, 6) is -1.20. The van der Waals surface area contributed by atoms with E-state index >= 15 is 0 Å². The molecule has 9 heteroatoms. The Labute approximate surface area is 161 Å². The van der Waals surface area contributed by atoms with Gasteiger partial charge >= 0.3 is 6.36 Å². The molecular weight excluding hydrogens is 434 g/mol. The first kappa shape index (κ1) is 21.2. The normalized spacial score (nSPS) is 12.5. The number of aliphatic hydroxyl groups excluding tert-OH is 1. The topological polar surface area (TPSA) is 58.6 Å². The molecule has 2 aromatic rings. The molecule has 4 nitrogen and oxygen atoms in total. The number of hydrogen-bond acceptors (Lipinski definition) is 3. The van der Waals surface area contributed by atoms with Crippen molar-refractivity contribution in [3.05, 3.63) is 63.9 Å². The second-order valence-electron chi connectivity index (χ2n) is 5.67. The highest BCUT2D eigenvalue weighted by Gasteiger charge is 2.31. The predicted molar refractivity (Wildman–Crippen MR) is 93.5 cm³/mol. The Bertz CT molecular complexity index is 781. The summed E-state index contributed by atoms with van der Waals surface area (Å²) in [5, 5.41) is 12.5. The van der Waals surface area contributed by atoms with Crippen molar-refractivity contribution in [1.29, 1.82) is 0 Å². The Balaban J connectivity index is 1.80. The predicted octanol–water partition coefficient (Wildman–Crippen LogP) is 4.27. The minimum Gasteiger partial charge on any atom is -0.406 e. The van der Waals surface area contributed by atoms with E-state index in [0.717, 1.165) is 12.1 Å². The largest absolute Gasteiger partial charge is 0.573 e. The van der Waals surface area contributed by atoms with Crippen molar-refractivity contribution in [2.45, 2.75) is 25.3 Å². The van der Waals surface area contributed by atoms with Gasteiger partial charge in [-0.25, -0.2) is 4.39 Å². The van der Waals surface area contributed by atoms with Crippen molar-refractivity contribution >= 4 is 21.8 Å². The maximum atomic E-state index is 13.7. The molecule has 0 radical (unpaired) electrons. The molecule has 0 aliphatic heterocycles. The first-order chi connectivity index (χ1) is 12.6. The van der Waals surface area contributed by atoms with Crippen molar-refractivity contribution in [1.82, 2.24) is 5.32 Å². The van der Waals surface area contributed by atoms with Crippen LogP contribution in [-0.2, 0) is 11.2 Å². The van der Waals surface area contributed by atoms with Crippen LogP contribution < -0.4 is 10.1 Å². The summed E-state index contributed by atoms with van der Waals surface area (Å²) < 4.78 is 54.3. The van der Waals surface area contributed by atoms with E-state index in [1.165, 1.54) is 18.2 Å². The van der Waals surface area contributed by atoms with Crippen LogP contribution in [0.2, 0.25) is 0 Å². The average molecular weight is 450 g/mol. The number of halogens is 5. The van der Waals surface area contributed by atoms with Crippen LogP contribution in [0.3, 0.4) is 0 Å². The van der Waals surface area contributed by atoms with Crippen molar-refractivity contribution in [3.63, 3.8) is 0 Å². The fraction of sp³-hybridized carbons (Fsp3) is 0.278. The summed E-state index contributed by atoms with van der Waals surface area (Å²) in [7, 11) is 0. The van der Waals surface area contributed by atoms with Gasteiger partial charge in [0.1, 0.15) is 11.6 Å². The van der Waals surface area contributed by atoms with E-state index in [1.54, 1.807) is 12.1 Å². The van der Waals surface area contributed by atoms with E-state index in [-0.39, 0.29) is 25.3 Å². The number of benzene rings is 2. The fourth-order valence-corrected chi connectivity index (χ4v) is 2.61. The molecule has 0 heterocycles. The zero-order valence-corrected chi connectivity index (χ0v) is 15.5. The number of aryl methyl sites for hydroxylation is 1. The number of carbonyl (C=O) groups excluding carboxylic acids is 1. The molecule has 1 amide bonds. The van der Waals surface area contributed by atoms with Crippen molar-refractivity contribution in [3.8, 4) is 5.75 Å². The Hall–Kier alpha value is -2.13. The lowest BCUT2D eigenvalue weighted by Gasteiger charge is -2.14. The molecule has 0 spiro atoms. The Kier molecular flexibility index (Phi) is 7.20. The molecule has 0 bridgehead atoms.